The summed E-state index contributed by atoms with van der Waals surface area (Å²) in [7, 11) is 2.12. The van der Waals surface area contributed by atoms with Crippen LogP contribution in [0.15, 0.2) is 18.2 Å². The number of piperazine rings is 1. The van der Waals surface area contributed by atoms with Gasteiger partial charge in [-0.25, -0.2) is 9.37 Å². The van der Waals surface area contributed by atoms with Gasteiger partial charge in [-0.05, 0) is 19.2 Å². The normalized spacial score (nSPS) is 17.9. The first-order valence-electron chi connectivity index (χ1n) is 5.72. The summed E-state index contributed by atoms with van der Waals surface area (Å²) in [6.45, 7) is 4.02. The third-order valence-electron chi connectivity index (χ3n) is 3.13. The van der Waals surface area contributed by atoms with E-state index in [1.807, 2.05) is 6.07 Å². The molecule has 90 valence electrons. The van der Waals surface area contributed by atoms with E-state index in [4.69, 9.17) is 0 Å². The molecule has 1 aromatic carbocycles. The van der Waals surface area contributed by atoms with Crippen LogP contribution in [0.4, 0.5) is 9.52 Å². The highest BCUT2D eigenvalue weighted by Crippen LogP contribution is 2.30. The van der Waals surface area contributed by atoms with E-state index >= 15 is 0 Å². The highest BCUT2D eigenvalue weighted by atomic mass is 32.1. The Morgan fingerprint density at radius 1 is 1.24 bits per heavy atom. The Morgan fingerprint density at radius 3 is 2.71 bits per heavy atom. The summed E-state index contributed by atoms with van der Waals surface area (Å²) < 4.78 is 14.5. The molecule has 3 nitrogen and oxygen atoms in total. The highest BCUT2D eigenvalue weighted by Gasteiger charge is 2.18. The molecule has 0 N–H and O–H groups in total. The Kier molecular flexibility index (Phi) is 2.72. The smallest absolute Gasteiger partial charge is 0.186 e. The van der Waals surface area contributed by atoms with Crippen molar-refractivity contribution >= 4 is 26.7 Å². The molecule has 1 fully saturated rings. The number of anilines is 1. The van der Waals surface area contributed by atoms with Crippen LogP contribution in [0.1, 0.15) is 0 Å². The number of likely N-dealkylation sites (N-methyl/N-ethyl adjacent to an activating group) is 1. The van der Waals surface area contributed by atoms with Crippen LogP contribution >= 0.6 is 11.3 Å². The number of hydrogen-bond donors (Lipinski definition) is 0. The quantitative estimate of drug-likeness (QED) is 0.774. The zero-order valence-corrected chi connectivity index (χ0v) is 10.5. The van der Waals surface area contributed by atoms with Crippen molar-refractivity contribution in [2.45, 2.75) is 0 Å². The van der Waals surface area contributed by atoms with E-state index in [0.29, 0.717) is 5.52 Å². The van der Waals surface area contributed by atoms with Crippen molar-refractivity contribution < 1.29 is 4.39 Å². The topological polar surface area (TPSA) is 19.4 Å². The van der Waals surface area contributed by atoms with Gasteiger partial charge in [-0.3, -0.25) is 0 Å². The van der Waals surface area contributed by atoms with Gasteiger partial charge < -0.3 is 9.80 Å². The Hall–Kier alpha value is -1.20. The fraction of sp³-hybridized carbons (Fsp3) is 0.417. The molecule has 2 heterocycles. The Morgan fingerprint density at radius 2 is 2.00 bits per heavy atom. The van der Waals surface area contributed by atoms with Crippen molar-refractivity contribution in [2.24, 2.45) is 0 Å². The van der Waals surface area contributed by atoms with Gasteiger partial charge in [0, 0.05) is 26.2 Å². The van der Waals surface area contributed by atoms with Crippen LogP contribution in [0.5, 0.6) is 0 Å². The molecule has 0 amide bonds. The molecule has 1 aromatic heterocycles. The SMILES string of the molecule is CN1CCN(c2nc3c(F)cccc3s2)CC1. The summed E-state index contributed by atoms with van der Waals surface area (Å²) >= 11 is 1.58. The summed E-state index contributed by atoms with van der Waals surface area (Å²) in [4.78, 5) is 8.95. The summed E-state index contributed by atoms with van der Waals surface area (Å²) in [5.41, 5.74) is 0.506. The average molecular weight is 251 g/mol. The number of aromatic nitrogens is 1. The second-order valence-electron chi connectivity index (χ2n) is 4.37. The van der Waals surface area contributed by atoms with E-state index in [-0.39, 0.29) is 5.82 Å². The molecule has 0 saturated carbocycles. The molecule has 0 radical (unpaired) electrons. The first kappa shape index (κ1) is 10.9. The molecule has 0 unspecified atom stereocenters. The highest BCUT2D eigenvalue weighted by molar-refractivity contribution is 7.22. The molecular formula is C12H14FN3S. The van der Waals surface area contributed by atoms with Crippen LogP contribution in [-0.2, 0) is 0 Å². The molecular weight excluding hydrogens is 237 g/mol. The first-order chi connectivity index (χ1) is 8.24. The van der Waals surface area contributed by atoms with Crippen molar-refractivity contribution in [3.05, 3.63) is 24.0 Å². The van der Waals surface area contributed by atoms with E-state index in [0.717, 1.165) is 36.0 Å². The number of para-hydroxylation sites is 1. The van der Waals surface area contributed by atoms with Crippen molar-refractivity contribution in [1.29, 1.82) is 0 Å². The molecule has 1 saturated heterocycles. The fourth-order valence-electron chi connectivity index (χ4n) is 2.04. The number of hydrogen-bond acceptors (Lipinski definition) is 4. The third-order valence-corrected chi connectivity index (χ3v) is 4.21. The molecule has 2 aromatic rings. The van der Waals surface area contributed by atoms with Crippen LogP contribution in [0, 0.1) is 5.82 Å². The zero-order chi connectivity index (χ0) is 11.8. The summed E-state index contributed by atoms with van der Waals surface area (Å²) in [6.07, 6.45) is 0. The number of halogens is 1. The number of fused-ring (bicyclic) bond motifs is 1. The molecule has 0 bridgehead atoms. The predicted molar refractivity (Wildman–Crippen MR) is 69.3 cm³/mol. The Bertz CT molecular complexity index is 532. The lowest BCUT2D eigenvalue weighted by Gasteiger charge is -2.31. The minimum absolute atomic E-state index is 0.223. The van der Waals surface area contributed by atoms with Crippen LogP contribution in [0.2, 0.25) is 0 Å². The van der Waals surface area contributed by atoms with Gasteiger partial charge in [-0.1, -0.05) is 17.4 Å². The van der Waals surface area contributed by atoms with Gasteiger partial charge in [0.25, 0.3) is 0 Å². The monoisotopic (exact) mass is 251 g/mol. The maximum Gasteiger partial charge on any atom is 0.186 e. The third kappa shape index (κ3) is 2.00. The molecule has 17 heavy (non-hydrogen) atoms. The number of thiazole rings is 1. The lowest BCUT2D eigenvalue weighted by atomic mass is 10.3. The van der Waals surface area contributed by atoms with Crippen molar-refractivity contribution in [3.63, 3.8) is 0 Å². The summed E-state index contributed by atoms with van der Waals surface area (Å²) in [6, 6.07) is 5.13. The molecule has 0 aliphatic carbocycles. The standard InChI is InChI=1S/C12H14FN3S/c1-15-5-7-16(8-6-15)12-14-11-9(13)3-2-4-10(11)17-12/h2-4H,5-8H2,1H3. The molecule has 1 aliphatic rings. The van der Waals surface area contributed by atoms with E-state index in [1.54, 1.807) is 17.4 Å². The lowest BCUT2D eigenvalue weighted by Crippen LogP contribution is -2.44. The van der Waals surface area contributed by atoms with Gasteiger partial charge in [0.15, 0.2) is 5.13 Å². The van der Waals surface area contributed by atoms with Gasteiger partial charge in [-0.2, -0.15) is 0 Å². The van der Waals surface area contributed by atoms with Crippen molar-refractivity contribution in [3.8, 4) is 0 Å². The van der Waals surface area contributed by atoms with Gasteiger partial charge in [0.05, 0.1) is 4.70 Å². The second-order valence-corrected chi connectivity index (χ2v) is 5.38. The molecule has 0 atom stereocenters. The van der Waals surface area contributed by atoms with Gasteiger partial charge in [-0.15, -0.1) is 0 Å². The Labute approximate surface area is 103 Å². The van der Waals surface area contributed by atoms with E-state index < -0.39 is 0 Å². The van der Waals surface area contributed by atoms with Crippen LogP contribution < -0.4 is 4.90 Å². The zero-order valence-electron chi connectivity index (χ0n) is 9.69. The maximum absolute atomic E-state index is 13.5. The molecule has 3 rings (SSSR count). The van der Waals surface area contributed by atoms with E-state index in [9.17, 15) is 4.39 Å². The van der Waals surface area contributed by atoms with Gasteiger partial charge in [0.2, 0.25) is 0 Å². The maximum atomic E-state index is 13.5. The lowest BCUT2D eigenvalue weighted by molar-refractivity contribution is 0.313. The van der Waals surface area contributed by atoms with Crippen LogP contribution in [-0.4, -0.2) is 43.1 Å². The van der Waals surface area contributed by atoms with Gasteiger partial charge in [0.1, 0.15) is 11.3 Å². The molecule has 0 spiro atoms. The number of nitrogens with zero attached hydrogens (tertiary/aromatic N) is 3. The van der Waals surface area contributed by atoms with E-state index in [2.05, 4.69) is 21.8 Å². The summed E-state index contributed by atoms with van der Waals surface area (Å²) in [5, 5.41) is 0.943. The minimum Gasteiger partial charge on any atom is -0.345 e. The van der Waals surface area contributed by atoms with Crippen LogP contribution in [0.25, 0.3) is 10.2 Å². The van der Waals surface area contributed by atoms with Crippen molar-refractivity contribution in [1.82, 2.24) is 9.88 Å². The van der Waals surface area contributed by atoms with Crippen molar-refractivity contribution in [2.75, 3.05) is 38.1 Å². The first-order valence-corrected chi connectivity index (χ1v) is 6.54. The number of benzene rings is 1. The second kappa shape index (κ2) is 4.23. The molecule has 1 aliphatic heterocycles. The fourth-order valence-corrected chi connectivity index (χ4v) is 3.07. The average Bonchev–Trinajstić information content (AvgIpc) is 2.75. The predicted octanol–water partition coefficient (Wildman–Crippen LogP) is 2.19. The van der Waals surface area contributed by atoms with Gasteiger partial charge >= 0.3 is 0 Å². The summed E-state index contributed by atoms with van der Waals surface area (Å²) in [5.74, 6) is -0.223. The van der Waals surface area contributed by atoms with Crippen LogP contribution in [0.3, 0.4) is 0 Å². The largest absolute Gasteiger partial charge is 0.345 e. The minimum atomic E-state index is -0.223. The number of rotatable bonds is 1. The Balaban J connectivity index is 1.93. The molecule has 5 heteroatoms. The van der Waals surface area contributed by atoms with E-state index in [1.165, 1.54) is 6.07 Å².